The first-order valence-corrected chi connectivity index (χ1v) is 6.65. The number of tetrazole rings is 1. The summed E-state index contributed by atoms with van der Waals surface area (Å²) in [6.45, 7) is 0. The Kier molecular flexibility index (Phi) is 4.21. The summed E-state index contributed by atoms with van der Waals surface area (Å²) in [5, 5.41) is 11.8. The highest BCUT2D eigenvalue weighted by atomic mass is 35.5. The van der Waals surface area contributed by atoms with E-state index in [-0.39, 0.29) is 0 Å². The number of nitrogens with zero attached hydrogens (tertiary/aromatic N) is 4. The van der Waals surface area contributed by atoms with Gasteiger partial charge in [0.1, 0.15) is 0 Å². The molecule has 94 valence electrons. The summed E-state index contributed by atoms with van der Waals surface area (Å²) in [5.74, 6) is 0.516. The van der Waals surface area contributed by atoms with Gasteiger partial charge in [-0.3, -0.25) is 4.79 Å². The van der Waals surface area contributed by atoms with Crippen LogP contribution in [0.15, 0.2) is 23.4 Å². The number of hydrogen-bond acceptors (Lipinski definition) is 5. The lowest BCUT2D eigenvalue weighted by molar-refractivity contribution is 0.108. The van der Waals surface area contributed by atoms with E-state index >= 15 is 0 Å². The number of hydrogen-bond donors (Lipinski definition) is 0. The highest BCUT2D eigenvalue weighted by Crippen LogP contribution is 2.25. The second-order valence-corrected chi connectivity index (χ2v) is 5.17. The smallest absolute Gasteiger partial charge is 0.252 e. The molecular formula is C10H8Cl2N4OS. The van der Waals surface area contributed by atoms with E-state index < -0.39 is 5.24 Å². The van der Waals surface area contributed by atoms with Crippen LogP contribution < -0.4 is 0 Å². The van der Waals surface area contributed by atoms with E-state index in [2.05, 4.69) is 15.5 Å². The van der Waals surface area contributed by atoms with Crippen LogP contribution >= 0.6 is 35.0 Å². The zero-order valence-electron chi connectivity index (χ0n) is 9.30. The lowest BCUT2D eigenvalue weighted by atomic mass is 10.1. The summed E-state index contributed by atoms with van der Waals surface area (Å²) < 4.78 is 1.55. The fraction of sp³-hybridized carbons (Fsp3) is 0.200. The van der Waals surface area contributed by atoms with Crippen LogP contribution in [0.2, 0.25) is 5.02 Å². The number of aromatic nitrogens is 4. The van der Waals surface area contributed by atoms with Crippen LogP contribution in [0.25, 0.3) is 0 Å². The third-order valence-electron chi connectivity index (χ3n) is 2.22. The van der Waals surface area contributed by atoms with Crippen molar-refractivity contribution in [1.29, 1.82) is 0 Å². The molecule has 2 aromatic rings. The molecular weight excluding hydrogens is 295 g/mol. The second-order valence-electron chi connectivity index (χ2n) is 3.45. The van der Waals surface area contributed by atoms with Crippen molar-refractivity contribution < 1.29 is 4.79 Å². The van der Waals surface area contributed by atoms with E-state index in [1.54, 1.807) is 29.9 Å². The first-order valence-electron chi connectivity index (χ1n) is 4.91. The van der Waals surface area contributed by atoms with Gasteiger partial charge < -0.3 is 0 Å². The molecule has 1 aromatic heterocycles. The van der Waals surface area contributed by atoms with E-state index in [4.69, 9.17) is 23.2 Å². The first kappa shape index (κ1) is 13.3. The third kappa shape index (κ3) is 3.01. The van der Waals surface area contributed by atoms with Crippen LogP contribution in [0.1, 0.15) is 15.9 Å². The van der Waals surface area contributed by atoms with E-state index in [0.717, 1.165) is 5.56 Å². The summed E-state index contributed by atoms with van der Waals surface area (Å²) in [6.07, 6.45) is 0. The molecule has 0 atom stereocenters. The van der Waals surface area contributed by atoms with E-state index in [0.29, 0.717) is 21.5 Å². The van der Waals surface area contributed by atoms with Gasteiger partial charge in [0.05, 0.1) is 0 Å². The Morgan fingerprint density at radius 1 is 1.50 bits per heavy atom. The van der Waals surface area contributed by atoms with Crippen LogP contribution in [-0.2, 0) is 12.8 Å². The first-order chi connectivity index (χ1) is 8.58. The standard InChI is InChI=1S/C10H8Cl2N4OS/c1-16-10(13-14-15-16)18-5-6-4-7(11)2-3-8(6)9(12)17/h2-4H,5H2,1H3. The normalized spacial score (nSPS) is 10.6. The molecule has 8 heteroatoms. The monoisotopic (exact) mass is 302 g/mol. The van der Waals surface area contributed by atoms with Gasteiger partial charge in [-0.1, -0.05) is 23.4 Å². The number of thioether (sulfide) groups is 1. The van der Waals surface area contributed by atoms with Gasteiger partial charge in [-0.25, -0.2) is 4.68 Å². The molecule has 0 saturated carbocycles. The number of rotatable bonds is 4. The largest absolute Gasteiger partial charge is 0.276 e. The molecule has 0 saturated heterocycles. The zero-order chi connectivity index (χ0) is 13.1. The van der Waals surface area contributed by atoms with E-state index in [1.165, 1.54) is 11.8 Å². The average Bonchev–Trinajstić information content (AvgIpc) is 2.72. The molecule has 1 aromatic carbocycles. The SMILES string of the molecule is Cn1nnnc1SCc1cc(Cl)ccc1C(=O)Cl. The minimum absolute atomic E-state index is 0.448. The van der Waals surface area contributed by atoms with Gasteiger partial charge in [0.15, 0.2) is 0 Å². The Bertz CT molecular complexity index is 587. The van der Waals surface area contributed by atoms with Gasteiger partial charge in [-0.15, -0.1) is 5.10 Å². The molecule has 0 aliphatic rings. The quantitative estimate of drug-likeness (QED) is 0.641. The molecule has 2 rings (SSSR count). The minimum Gasteiger partial charge on any atom is -0.276 e. The maximum absolute atomic E-state index is 11.3. The Balaban J connectivity index is 2.20. The maximum atomic E-state index is 11.3. The topological polar surface area (TPSA) is 60.7 Å². The summed E-state index contributed by atoms with van der Waals surface area (Å²) in [5.41, 5.74) is 1.21. The highest BCUT2D eigenvalue weighted by Gasteiger charge is 2.11. The Labute approximate surface area is 117 Å². The predicted octanol–water partition coefficient (Wildman–Crippen LogP) is 2.53. The van der Waals surface area contributed by atoms with Crippen molar-refractivity contribution in [2.75, 3.05) is 0 Å². The Morgan fingerprint density at radius 2 is 2.28 bits per heavy atom. The van der Waals surface area contributed by atoms with Crippen LogP contribution in [0, 0.1) is 0 Å². The Hall–Kier alpha value is -1.11. The number of halogens is 2. The molecule has 0 unspecified atom stereocenters. The van der Waals surface area contributed by atoms with Crippen LogP contribution in [-0.4, -0.2) is 25.4 Å². The maximum Gasteiger partial charge on any atom is 0.252 e. The lowest BCUT2D eigenvalue weighted by Gasteiger charge is -2.05. The van der Waals surface area contributed by atoms with Crippen molar-refractivity contribution in [2.45, 2.75) is 10.9 Å². The van der Waals surface area contributed by atoms with Crippen molar-refractivity contribution in [3.05, 3.63) is 34.3 Å². The molecule has 0 radical (unpaired) electrons. The van der Waals surface area contributed by atoms with Crippen LogP contribution in [0.3, 0.4) is 0 Å². The number of carbonyl (C=O) groups excluding carboxylic acids is 1. The molecule has 0 spiro atoms. The van der Waals surface area contributed by atoms with Crippen LogP contribution in [0.5, 0.6) is 0 Å². The van der Waals surface area contributed by atoms with Gasteiger partial charge in [-0.05, 0) is 45.8 Å². The second kappa shape index (κ2) is 5.69. The number of carbonyl (C=O) groups is 1. The summed E-state index contributed by atoms with van der Waals surface area (Å²) >= 11 is 12.8. The van der Waals surface area contributed by atoms with Gasteiger partial charge in [0.25, 0.3) is 5.24 Å². The molecule has 0 aliphatic carbocycles. The van der Waals surface area contributed by atoms with Gasteiger partial charge in [0, 0.05) is 23.4 Å². The molecule has 1 heterocycles. The molecule has 0 N–H and O–H groups in total. The molecule has 5 nitrogen and oxygen atoms in total. The molecule has 18 heavy (non-hydrogen) atoms. The van der Waals surface area contributed by atoms with Gasteiger partial charge in [0.2, 0.25) is 5.16 Å². The van der Waals surface area contributed by atoms with Crippen molar-refractivity contribution >= 4 is 40.2 Å². The fourth-order valence-electron chi connectivity index (χ4n) is 1.36. The van der Waals surface area contributed by atoms with Gasteiger partial charge in [-0.2, -0.15) is 0 Å². The summed E-state index contributed by atoms with van der Waals surface area (Å²) in [4.78, 5) is 11.3. The van der Waals surface area contributed by atoms with Crippen molar-refractivity contribution in [2.24, 2.45) is 7.05 Å². The number of benzene rings is 1. The zero-order valence-corrected chi connectivity index (χ0v) is 11.6. The highest BCUT2D eigenvalue weighted by molar-refractivity contribution is 7.98. The molecule has 0 amide bonds. The molecule has 0 aliphatic heterocycles. The summed E-state index contributed by atoms with van der Waals surface area (Å²) in [7, 11) is 1.74. The van der Waals surface area contributed by atoms with E-state index in [1.807, 2.05) is 0 Å². The van der Waals surface area contributed by atoms with Crippen LogP contribution in [0.4, 0.5) is 0 Å². The molecule has 0 bridgehead atoms. The third-order valence-corrected chi connectivity index (χ3v) is 3.72. The lowest BCUT2D eigenvalue weighted by Crippen LogP contribution is -1.98. The fourth-order valence-corrected chi connectivity index (χ4v) is 2.58. The minimum atomic E-state index is -0.502. The van der Waals surface area contributed by atoms with Crippen molar-refractivity contribution in [1.82, 2.24) is 20.2 Å². The average molecular weight is 303 g/mol. The Morgan fingerprint density at radius 3 is 2.89 bits per heavy atom. The molecule has 0 fully saturated rings. The van der Waals surface area contributed by atoms with Gasteiger partial charge >= 0.3 is 0 Å². The van der Waals surface area contributed by atoms with E-state index in [9.17, 15) is 4.79 Å². The summed E-state index contributed by atoms with van der Waals surface area (Å²) in [6, 6.07) is 4.96. The predicted molar refractivity (Wildman–Crippen MR) is 70.0 cm³/mol. The van der Waals surface area contributed by atoms with Crippen molar-refractivity contribution in [3.63, 3.8) is 0 Å². The number of aryl methyl sites for hydroxylation is 1. The van der Waals surface area contributed by atoms with Crippen molar-refractivity contribution in [3.8, 4) is 0 Å².